The van der Waals surface area contributed by atoms with Crippen LogP contribution in [0.5, 0.6) is 0 Å². The number of aryl methyl sites for hydroxylation is 1. The molecule has 0 aromatic heterocycles. The number of nitrogens with one attached hydrogen (secondary N) is 1. The zero-order valence-electron chi connectivity index (χ0n) is 9.63. The van der Waals surface area contributed by atoms with Gasteiger partial charge in [0, 0.05) is 6.54 Å². The normalized spacial score (nSPS) is 12.3. The van der Waals surface area contributed by atoms with E-state index >= 15 is 0 Å². The minimum Gasteiger partial charge on any atom is -0.375 e. The third kappa shape index (κ3) is 6.32. The first kappa shape index (κ1) is 13.2. The van der Waals surface area contributed by atoms with Crippen LogP contribution < -0.4 is 11.2 Å². The van der Waals surface area contributed by atoms with E-state index in [9.17, 15) is 4.79 Å². The standard InChI is InChI=1S/C9H11NO2.C3H6N2/c10-12-9(11)7-6-8-4-2-1-3-5-8;1-2-5-3-4-1/h1-5H,6-7,10H2;3H,1-2H2,(H,4,5). The van der Waals surface area contributed by atoms with E-state index in [4.69, 9.17) is 0 Å². The largest absolute Gasteiger partial charge is 0.375 e. The molecule has 3 N–H and O–H groups in total. The number of benzene rings is 1. The summed E-state index contributed by atoms with van der Waals surface area (Å²) in [6.07, 6.45) is 2.75. The first-order valence-corrected chi connectivity index (χ1v) is 5.48. The Hall–Kier alpha value is -1.88. The van der Waals surface area contributed by atoms with Crippen molar-refractivity contribution in [3.8, 4) is 0 Å². The molecule has 1 heterocycles. The van der Waals surface area contributed by atoms with Gasteiger partial charge >= 0.3 is 5.97 Å². The zero-order valence-corrected chi connectivity index (χ0v) is 9.63. The Morgan fingerprint density at radius 2 is 2.18 bits per heavy atom. The SMILES string of the molecule is C1=NCCN1.NOC(=O)CCc1ccccc1. The van der Waals surface area contributed by atoms with Gasteiger partial charge in [-0.15, -0.1) is 0 Å². The van der Waals surface area contributed by atoms with Gasteiger partial charge in [0.25, 0.3) is 0 Å². The number of aliphatic imine (C=N–C) groups is 1. The second-order valence-electron chi connectivity index (χ2n) is 3.46. The van der Waals surface area contributed by atoms with E-state index < -0.39 is 0 Å². The molecule has 92 valence electrons. The number of hydrogen-bond donors (Lipinski definition) is 2. The molecule has 5 nitrogen and oxygen atoms in total. The molecular formula is C12H17N3O2. The van der Waals surface area contributed by atoms with Crippen molar-refractivity contribution in [3.05, 3.63) is 35.9 Å². The molecule has 0 fully saturated rings. The highest BCUT2D eigenvalue weighted by Crippen LogP contribution is 2.02. The van der Waals surface area contributed by atoms with E-state index in [2.05, 4.69) is 21.0 Å². The van der Waals surface area contributed by atoms with Crippen molar-refractivity contribution in [1.82, 2.24) is 5.32 Å². The van der Waals surface area contributed by atoms with Crippen molar-refractivity contribution < 1.29 is 9.63 Å². The fourth-order valence-electron chi connectivity index (χ4n) is 1.27. The Morgan fingerprint density at radius 3 is 2.65 bits per heavy atom. The molecule has 17 heavy (non-hydrogen) atoms. The third-order valence-electron chi connectivity index (χ3n) is 2.16. The van der Waals surface area contributed by atoms with Crippen LogP contribution in [0.2, 0.25) is 0 Å². The molecule has 0 bridgehead atoms. The van der Waals surface area contributed by atoms with E-state index in [1.807, 2.05) is 30.3 Å². The van der Waals surface area contributed by atoms with Crippen LogP contribution in [-0.4, -0.2) is 25.4 Å². The summed E-state index contributed by atoms with van der Waals surface area (Å²) in [6, 6.07) is 9.73. The predicted octanol–water partition coefficient (Wildman–Crippen LogP) is 0.654. The minimum atomic E-state index is -0.376. The fourth-order valence-corrected chi connectivity index (χ4v) is 1.27. The smallest absolute Gasteiger partial charge is 0.324 e. The van der Waals surface area contributed by atoms with Crippen molar-refractivity contribution in [2.45, 2.75) is 12.8 Å². The van der Waals surface area contributed by atoms with Crippen LogP contribution in [-0.2, 0) is 16.1 Å². The Kier molecular flexibility index (Phi) is 6.43. The molecule has 0 saturated carbocycles. The average Bonchev–Trinajstić information content (AvgIpc) is 2.96. The molecule has 0 unspecified atom stereocenters. The van der Waals surface area contributed by atoms with Crippen molar-refractivity contribution in [2.24, 2.45) is 10.9 Å². The lowest BCUT2D eigenvalue weighted by atomic mass is 10.1. The van der Waals surface area contributed by atoms with Crippen molar-refractivity contribution in [3.63, 3.8) is 0 Å². The second kappa shape index (κ2) is 8.29. The van der Waals surface area contributed by atoms with Crippen molar-refractivity contribution in [2.75, 3.05) is 13.1 Å². The molecule has 0 aliphatic carbocycles. The topological polar surface area (TPSA) is 76.7 Å². The molecule has 0 atom stereocenters. The summed E-state index contributed by atoms with van der Waals surface area (Å²) in [5.74, 6) is 4.31. The van der Waals surface area contributed by atoms with Crippen molar-refractivity contribution in [1.29, 1.82) is 0 Å². The average molecular weight is 235 g/mol. The quantitative estimate of drug-likeness (QED) is 0.754. The highest BCUT2D eigenvalue weighted by atomic mass is 16.7. The lowest BCUT2D eigenvalue weighted by molar-refractivity contribution is -0.144. The van der Waals surface area contributed by atoms with Gasteiger partial charge in [-0.1, -0.05) is 30.3 Å². The van der Waals surface area contributed by atoms with Crippen molar-refractivity contribution >= 4 is 12.3 Å². The van der Waals surface area contributed by atoms with E-state index in [1.165, 1.54) is 0 Å². The van der Waals surface area contributed by atoms with Gasteiger partial charge in [0.05, 0.1) is 19.3 Å². The molecule has 5 heteroatoms. The number of hydrogen-bond acceptors (Lipinski definition) is 5. The Labute approximate surface area is 101 Å². The molecule has 1 aliphatic rings. The molecule has 1 aromatic carbocycles. The van der Waals surface area contributed by atoms with Crippen LogP contribution in [0.3, 0.4) is 0 Å². The number of nitrogens with two attached hydrogens (primary N) is 1. The first-order valence-electron chi connectivity index (χ1n) is 5.48. The van der Waals surface area contributed by atoms with Crippen LogP contribution in [0.25, 0.3) is 0 Å². The molecule has 1 aromatic rings. The second-order valence-corrected chi connectivity index (χ2v) is 3.46. The van der Waals surface area contributed by atoms with E-state index in [-0.39, 0.29) is 5.97 Å². The molecule has 2 rings (SSSR count). The fraction of sp³-hybridized carbons (Fsp3) is 0.333. The summed E-state index contributed by atoms with van der Waals surface area (Å²) in [7, 11) is 0. The van der Waals surface area contributed by atoms with Gasteiger partial charge in [0.2, 0.25) is 0 Å². The number of carbonyl (C=O) groups excluding carboxylic acids is 1. The van der Waals surface area contributed by atoms with Crippen LogP contribution in [0.1, 0.15) is 12.0 Å². The third-order valence-corrected chi connectivity index (χ3v) is 2.16. The maximum Gasteiger partial charge on any atom is 0.324 e. The van der Waals surface area contributed by atoms with Gasteiger partial charge in [0.1, 0.15) is 0 Å². The van der Waals surface area contributed by atoms with Crippen LogP contribution >= 0.6 is 0 Å². The molecule has 0 radical (unpaired) electrons. The maximum atomic E-state index is 10.6. The highest BCUT2D eigenvalue weighted by molar-refractivity contribution is 5.69. The predicted molar refractivity (Wildman–Crippen MR) is 66.4 cm³/mol. The van der Waals surface area contributed by atoms with Gasteiger partial charge in [-0.3, -0.25) is 9.79 Å². The summed E-state index contributed by atoms with van der Waals surface area (Å²) >= 11 is 0. The Balaban J connectivity index is 0.000000239. The summed E-state index contributed by atoms with van der Waals surface area (Å²) in [6.45, 7) is 1.99. The molecule has 0 saturated heterocycles. The van der Waals surface area contributed by atoms with E-state index in [0.29, 0.717) is 12.8 Å². The van der Waals surface area contributed by atoms with Gasteiger partial charge in [-0.05, 0) is 12.0 Å². The van der Waals surface area contributed by atoms with Gasteiger partial charge < -0.3 is 10.2 Å². The van der Waals surface area contributed by atoms with Crippen LogP contribution in [0, 0.1) is 0 Å². The Morgan fingerprint density at radius 1 is 1.41 bits per heavy atom. The minimum absolute atomic E-state index is 0.334. The Bertz CT molecular complexity index is 346. The maximum absolute atomic E-state index is 10.6. The summed E-state index contributed by atoms with van der Waals surface area (Å²) in [5.41, 5.74) is 1.11. The van der Waals surface area contributed by atoms with Crippen LogP contribution in [0.4, 0.5) is 0 Å². The number of rotatable bonds is 3. The van der Waals surface area contributed by atoms with Gasteiger partial charge in [-0.25, -0.2) is 0 Å². The zero-order chi connectivity index (χ0) is 12.3. The summed E-state index contributed by atoms with van der Waals surface area (Å²) < 4.78 is 0. The molecular weight excluding hydrogens is 218 g/mol. The lowest BCUT2D eigenvalue weighted by Crippen LogP contribution is -2.10. The molecule has 0 spiro atoms. The van der Waals surface area contributed by atoms with Crippen LogP contribution in [0.15, 0.2) is 35.3 Å². The first-order chi connectivity index (χ1) is 8.33. The molecule has 1 aliphatic heterocycles. The van der Waals surface area contributed by atoms with Gasteiger partial charge in [0.15, 0.2) is 0 Å². The van der Waals surface area contributed by atoms with Gasteiger partial charge in [-0.2, -0.15) is 5.90 Å². The lowest BCUT2D eigenvalue weighted by Gasteiger charge is -1.98. The van der Waals surface area contributed by atoms with E-state index in [0.717, 1.165) is 18.7 Å². The number of carbonyl (C=O) groups is 1. The summed E-state index contributed by atoms with van der Waals surface area (Å²) in [5, 5.41) is 2.93. The summed E-state index contributed by atoms with van der Waals surface area (Å²) in [4.78, 5) is 18.5. The monoisotopic (exact) mass is 235 g/mol. The molecule has 0 amide bonds. The van der Waals surface area contributed by atoms with E-state index in [1.54, 1.807) is 6.34 Å². The highest BCUT2D eigenvalue weighted by Gasteiger charge is 2.00. The number of nitrogens with zero attached hydrogens (tertiary/aromatic N) is 1.